The fourth-order valence-corrected chi connectivity index (χ4v) is 2.80. The lowest BCUT2D eigenvalue weighted by atomic mass is 10.2. The van der Waals surface area contributed by atoms with Crippen molar-refractivity contribution in [1.82, 2.24) is 20.4 Å². The topological polar surface area (TPSA) is 78.1 Å². The third kappa shape index (κ3) is 5.75. The zero-order valence-corrected chi connectivity index (χ0v) is 14.4. The molecule has 132 valence electrons. The lowest BCUT2D eigenvalue weighted by Gasteiger charge is -2.34. The molecular formula is C18H23FN6. The van der Waals surface area contributed by atoms with Gasteiger partial charge in [-0.1, -0.05) is 12.1 Å². The Morgan fingerprint density at radius 2 is 1.68 bits per heavy atom. The Kier molecular flexibility index (Phi) is 7.21. The summed E-state index contributed by atoms with van der Waals surface area (Å²) in [6.45, 7) is 6.21. The van der Waals surface area contributed by atoms with Crippen LogP contribution in [0.25, 0.3) is 0 Å². The van der Waals surface area contributed by atoms with E-state index in [-0.39, 0.29) is 11.4 Å². The maximum atomic E-state index is 12.9. The summed E-state index contributed by atoms with van der Waals surface area (Å²) in [5.41, 5.74) is 1.19. The molecule has 6 nitrogen and oxygen atoms in total. The van der Waals surface area contributed by atoms with Crippen LogP contribution in [0.15, 0.2) is 35.7 Å². The molecule has 25 heavy (non-hydrogen) atoms. The average molecular weight is 342 g/mol. The van der Waals surface area contributed by atoms with Crippen molar-refractivity contribution in [2.45, 2.75) is 6.54 Å². The fraction of sp³-hybridized carbons (Fsp3) is 0.444. The molecule has 1 fully saturated rings. The number of hydrogen-bond donors (Lipinski definition) is 2. The summed E-state index contributed by atoms with van der Waals surface area (Å²) in [5.74, 6) is 0.270. The van der Waals surface area contributed by atoms with Crippen molar-refractivity contribution < 1.29 is 4.39 Å². The number of nitriles is 2. The van der Waals surface area contributed by atoms with Gasteiger partial charge in [-0.2, -0.15) is 10.5 Å². The molecule has 2 N–H and O–H groups in total. The zero-order valence-electron chi connectivity index (χ0n) is 14.4. The van der Waals surface area contributed by atoms with Crippen LogP contribution in [0.2, 0.25) is 0 Å². The summed E-state index contributed by atoms with van der Waals surface area (Å²) in [6.07, 6.45) is 0. The number of nitrogens with one attached hydrogen (secondary N) is 2. The molecule has 0 unspecified atom stereocenters. The largest absolute Gasteiger partial charge is 0.373 e. The van der Waals surface area contributed by atoms with Crippen molar-refractivity contribution in [3.8, 4) is 12.1 Å². The molecule has 1 heterocycles. The van der Waals surface area contributed by atoms with Gasteiger partial charge in [0.1, 0.15) is 23.8 Å². The van der Waals surface area contributed by atoms with E-state index < -0.39 is 0 Å². The molecule has 1 aliphatic heterocycles. The number of benzene rings is 1. The molecule has 0 atom stereocenters. The molecule has 0 saturated carbocycles. The van der Waals surface area contributed by atoms with Crippen LogP contribution in [0, 0.1) is 28.5 Å². The lowest BCUT2D eigenvalue weighted by molar-refractivity contribution is 0.128. The molecular weight excluding hydrogens is 319 g/mol. The smallest absolute Gasteiger partial charge is 0.169 e. The molecule has 1 aromatic rings. The maximum absolute atomic E-state index is 12.9. The Morgan fingerprint density at radius 3 is 2.24 bits per heavy atom. The van der Waals surface area contributed by atoms with Gasteiger partial charge in [-0.15, -0.1) is 0 Å². The lowest BCUT2D eigenvalue weighted by Crippen LogP contribution is -2.47. The first-order valence-corrected chi connectivity index (χ1v) is 8.31. The quantitative estimate of drug-likeness (QED) is 0.720. The first-order valence-electron chi connectivity index (χ1n) is 8.31. The number of halogens is 1. The van der Waals surface area contributed by atoms with E-state index in [0.717, 1.165) is 44.8 Å². The van der Waals surface area contributed by atoms with Gasteiger partial charge in [0.05, 0.1) is 0 Å². The second kappa shape index (κ2) is 9.63. The Bertz CT molecular complexity index is 646. The van der Waals surface area contributed by atoms with Gasteiger partial charge in [-0.25, -0.2) is 4.39 Å². The third-order valence-corrected chi connectivity index (χ3v) is 4.24. The molecule has 0 spiro atoms. The third-order valence-electron chi connectivity index (χ3n) is 4.24. The van der Waals surface area contributed by atoms with E-state index in [0.29, 0.717) is 12.4 Å². The second-order valence-electron chi connectivity index (χ2n) is 5.89. The van der Waals surface area contributed by atoms with Gasteiger partial charge in [0.2, 0.25) is 0 Å². The van der Waals surface area contributed by atoms with Gasteiger partial charge in [-0.3, -0.25) is 9.80 Å². The molecule has 0 aromatic heterocycles. The maximum Gasteiger partial charge on any atom is 0.169 e. The van der Waals surface area contributed by atoms with Crippen molar-refractivity contribution in [3.05, 3.63) is 47.0 Å². The van der Waals surface area contributed by atoms with Crippen LogP contribution in [-0.4, -0.2) is 56.1 Å². The number of nitrogens with zero attached hydrogens (tertiary/aromatic N) is 4. The standard InChI is InChI=1S/C18H23FN6/c1-22-18(16(12-20)13-21)23-6-7-24-8-10-25(11-9-24)14-15-2-4-17(19)5-3-15/h2-5,22-23H,6-11,14H2,1H3. The van der Waals surface area contributed by atoms with Crippen LogP contribution < -0.4 is 10.6 Å². The Hall–Kier alpha value is -2.61. The van der Waals surface area contributed by atoms with Gasteiger partial charge < -0.3 is 10.6 Å². The van der Waals surface area contributed by atoms with Crippen LogP contribution in [0.1, 0.15) is 5.56 Å². The van der Waals surface area contributed by atoms with E-state index in [4.69, 9.17) is 10.5 Å². The Morgan fingerprint density at radius 1 is 1.08 bits per heavy atom. The van der Waals surface area contributed by atoms with E-state index in [9.17, 15) is 4.39 Å². The van der Waals surface area contributed by atoms with Gasteiger partial charge in [0.25, 0.3) is 0 Å². The number of allylic oxidation sites excluding steroid dienone is 1. The van der Waals surface area contributed by atoms with Crippen molar-refractivity contribution in [1.29, 1.82) is 10.5 Å². The molecule has 0 radical (unpaired) electrons. The highest BCUT2D eigenvalue weighted by atomic mass is 19.1. The summed E-state index contributed by atoms with van der Waals surface area (Å²) in [6, 6.07) is 10.4. The molecule has 1 saturated heterocycles. The Balaban J connectivity index is 1.72. The minimum atomic E-state index is -0.202. The van der Waals surface area contributed by atoms with Crippen molar-refractivity contribution in [3.63, 3.8) is 0 Å². The van der Waals surface area contributed by atoms with E-state index in [1.165, 1.54) is 12.1 Å². The van der Waals surface area contributed by atoms with Crippen molar-refractivity contribution >= 4 is 0 Å². The minimum absolute atomic E-state index is 0.0617. The van der Waals surface area contributed by atoms with E-state index in [1.807, 2.05) is 24.3 Å². The predicted octanol–water partition coefficient (Wildman–Crippen LogP) is 1.01. The second-order valence-corrected chi connectivity index (χ2v) is 5.89. The first-order chi connectivity index (χ1) is 12.2. The van der Waals surface area contributed by atoms with Gasteiger partial charge >= 0.3 is 0 Å². The van der Waals surface area contributed by atoms with E-state index in [2.05, 4.69) is 20.4 Å². The number of hydrogen-bond acceptors (Lipinski definition) is 6. The van der Waals surface area contributed by atoms with Crippen LogP contribution in [0.5, 0.6) is 0 Å². The van der Waals surface area contributed by atoms with Crippen LogP contribution in [0.3, 0.4) is 0 Å². The first kappa shape index (κ1) is 18.7. The van der Waals surface area contributed by atoms with Crippen LogP contribution in [-0.2, 0) is 6.54 Å². The molecule has 0 bridgehead atoms. The molecule has 0 amide bonds. The normalized spacial score (nSPS) is 15.0. The Labute approximate surface area is 148 Å². The number of piperazine rings is 1. The predicted molar refractivity (Wildman–Crippen MR) is 93.4 cm³/mol. The average Bonchev–Trinajstić information content (AvgIpc) is 2.64. The molecule has 1 aliphatic rings. The molecule has 1 aromatic carbocycles. The van der Waals surface area contributed by atoms with Crippen LogP contribution in [0.4, 0.5) is 4.39 Å². The molecule has 0 aliphatic carbocycles. The van der Waals surface area contributed by atoms with E-state index in [1.54, 1.807) is 7.05 Å². The zero-order chi connectivity index (χ0) is 18.1. The SMILES string of the molecule is CNC(NCCN1CCN(Cc2ccc(F)cc2)CC1)=C(C#N)C#N. The van der Waals surface area contributed by atoms with Crippen molar-refractivity contribution in [2.75, 3.05) is 46.3 Å². The summed E-state index contributed by atoms with van der Waals surface area (Å²) >= 11 is 0. The summed E-state index contributed by atoms with van der Waals surface area (Å²) in [5, 5.41) is 23.7. The van der Waals surface area contributed by atoms with E-state index >= 15 is 0 Å². The fourth-order valence-electron chi connectivity index (χ4n) is 2.80. The van der Waals surface area contributed by atoms with Crippen molar-refractivity contribution in [2.24, 2.45) is 0 Å². The highest BCUT2D eigenvalue weighted by molar-refractivity contribution is 5.38. The van der Waals surface area contributed by atoms with Gasteiger partial charge in [-0.05, 0) is 17.7 Å². The summed E-state index contributed by atoms with van der Waals surface area (Å²) in [4.78, 5) is 4.71. The molecule has 2 rings (SSSR count). The monoisotopic (exact) mass is 342 g/mol. The highest BCUT2D eigenvalue weighted by Crippen LogP contribution is 2.09. The molecule has 7 heteroatoms. The summed E-state index contributed by atoms with van der Waals surface area (Å²) < 4.78 is 12.9. The van der Waals surface area contributed by atoms with Crippen LogP contribution >= 0.6 is 0 Å². The van der Waals surface area contributed by atoms with Gasteiger partial charge in [0, 0.05) is 52.9 Å². The highest BCUT2D eigenvalue weighted by Gasteiger charge is 2.16. The summed E-state index contributed by atoms with van der Waals surface area (Å²) in [7, 11) is 1.69. The van der Waals surface area contributed by atoms with Gasteiger partial charge in [0.15, 0.2) is 5.57 Å². The minimum Gasteiger partial charge on any atom is -0.373 e. The number of rotatable bonds is 7.